The second kappa shape index (κ2) is 7.26. The fourth-order valence-electron chi connectivity index (χ4n) is 1.31. The van der Waals surface area contributed by atoms with E-state index in [0.29, 0.717) is 6.61 Å². The van der Waals surface area contributed by atoms with Gasteiger partial charge in [-0.2, -0.15) is 0 Å². The molecule has 0 aromatic heterocycles. The lowest BCUT2D eigenvalue weighted by molar-refractivity contribution is 0.253. The summed E-state index contributed by atoms with van der Waals surface area (Å²) in [7, 11) is 1.93. The van der Waals surface area contributed by atoms with E-state index in [9.17, 15) is 0 Å². The molecule has 3 nitrogen and oxygen atoms in total. The van der Waals surface area contributed by atoms with Crippen LogP contribution in [0.4, 0.5) is 0 Å². The lowest BCUT2D eigenvalue weighted by Gasteiger charge is -2.06. The van der Waals surface area contributed by atoms with Crippen LogP contribution in [0.25, 0.3) is 0 Å². The summed E-state index contributed by atoms with van der Waals surface area (Å²) >= 11 is 0. The molecule has 0 fully saturated rings. The first kappa shape index (κ1) is 12.0. The van der Waals surface area contributed by atoms with E-state index in [0.717, 1.165) is 25.1 Å². The molecule has 3 heteroatoms. The van der Waals surface area contributed by atoms with Gasteiger partial charge in [-0.25, -0.2) is 0 Å². The predicted octanol–water partition coefficient (Wildman–Crippen LogP) is 1.56. The minimum absolute atomic E-state index is 0.241. The molecule has 0 aliphatic carbocycles. The first-order valence-electron chi connectivity index (χ1n) is 5.34. The summed E-state index contributed by atoms with van der Waals surface area (Å²) in [6.45, 7) is 1.79. The average Bonchev–Trinajstić information content (AvgIpc) is 2.27. The van der Waals surface area contributed by atoms with Gasteiger partial charge >= 0.3 is 0 Å². The number of nitrogens with one attached hydrogen (secondary N) is 1. The number of aliphatic hydroxyl groups excluding tert-OH is 1. The van der Waals surface area contributed by atoms with Gasteiger partial charge in [-0.05, 0) is 37.6 Å². The van der Waals surface area contributed by atoms with Gasteiger partial charge < -0.3 is 15.2 Å². The smallest absolute Gasteiger partial charge is 0.119 e. The van der Waals surface area contributed by atoms with Gasteiger partial charge in [0.25, 0.3) is 0 Å². The summed E-state index contributed by atoms with van der Waals surface area (Å²) in [5.74, 6) is 0.896. The zero-order chi connectivity index (χ0) is 10.9. The van der Waals surface area contributed by atoms with E-state index < -0.39 is 0 Å². The highest BCUT2D eigenvalue weighted by Gasteiger charge is 1.94. The van der Waals surface area contributed by atoms with Crippen molar-refractivity contribution in [2.45, 2.75) is 19.4 Å². The van der Waals surface area contributed by atoms with Crippen molar-refractivity contribution in [3.05, 3.63) is 29.8 Å². The van der Waals surface area contributed by atoms with E-state index in [1.807, 2.05) is 19.2 Å². The molecule has 1 aromatic rings. The third kappa shape index (κ3) is 4.81. The number of rotatable bonds is 7. The SMILES string of the molecule is CNCc1ccc(OCCCCO)cc1. The van der Waals surface area contributed by atoms with Crippen LogP contribution in [-0.4, -0.2) is 25.4 Å². The zero-order valence-electron chi connectivity index (χ0n) is 9.20. The maximum absolute atomic E-state index is 8.60. The van der Waals surface area contributed by atoms with Crippen molar-refractivity contribution in [1.82, 2.24) is 5.32 Å². The number of unbranched alkanes of at least 4 members (excludes halogenated alkanes) is 1. The van der Waals surface area contributed by atoms with Gasteiger partial charge in [-0.3, -0.25) is 0 Å². The Bertz CT molecular complexity index is 259. The molecule has 0 unspecified atom stereocenters. The third-order valence-electron chi connectivity index (χ3n) is 2.13. The monoisotopic (exact) mass is 209 g/mol. The number of hydrogen-bond donors (Lipinski definition) is 2. The Morgan fingerprint density at radius 3 is 2.53 bits per heavy atom. The molecule has 0 spiro atoms. The van der Waals surface area contributed by atoms with Crippen LogP contribution in [0.2, 0.25) is 0 Å². The summed E-state index contributed by atoms with van der Waals surface area (Å²) in [5.41, 5.74) is 1.25. The van der Waals surface area contributed by atoms with E-state index >= 15 is 0 Å². The highest BCUT2D eigenvalue weighted by atomic mass is 16.5. The molecular formula is C12H19NO2. The molecule has 0 amide bonds. The first-order valence-corrected chi connectivity index (χ1v) is 5.34. The van der Waals surface area contributed by atoms with Crippen molar-refractivity contribution in [3.63, 3.8) is 0 Å². The Balaban J connectivity index is 2.29. The van der Waals surface area contributed by atoms with Crippen molar-refractivity contribution in [1.29, 1.82) is 0 Å². The molecule has 2 N–H and O–H groups in total. The van der Waals surface area contributed by atoms with Gasteiger partial charge in [0.2, 0.25) is 0 Å². The highest BCUT2D eigenvalue weighted by molar-refractivity contribution is 5.27. The lowest BCUT2D eigenvalue weighted by Crippen LogP contribution is -2.04. The molecule has 0 saturated heterocycles. The Labute approximate surface area is 91.1 Å². The summed E-state index contributed by atoms with van der Waals surface area (Å²) in [4.78, 5) is 0. The van der Waals surface area contributed by atoms with Crippen LogP contribution in [0.15, 0.2) is 24.3 Å². The Morgan fingerprint density at radius 2 is 1.93 bits per heavy atom. The predicted molar refractivity (Wildman–Crippen MR) is 61.0 cm³/mol. The number of hydrogen-bond acceptors (Lipinski definition) is 3. The highest BCUT2D eigenvalue weighted by Crippen LogP contribution is 2.12. The van der Waals surface area contributed by atoms with Crippen LogP contribution in [0.5, 0.6) is 5.75 Å². The van der Waals surface area contributed by atoms with Gasteiger partial charge in [0.1, 0.15) is 5.75 Å². The fourth-order valence-corrected chi connectivity index (χ4v) is 1.31. The molecule has 0 radical (unpaired) electrons. The molecule has 84 valence electrons. The maximum atomic E-state index is 8.60. The topological polar surface area (TPSA) is 41.5 Å². The van der Waals surface area contributed by atoms with Crippen LogP contribution in [-0.2, 0) is 6.54 Å². The Hall–Kier alpha value is -1.06. The standard InChI is InChI=1S/C12H19NO2/c1-13-10-11-4-6-12(7-5-11)15-9-3-2-8-14/h4-7,13-14H,2-3,8-10H2,1H3. The van der Waals surface area contributed by atoms with Crippen LogP contribution < -0.4 is 10.1 Å². The minimum atomic E-state index is 0.241. The molecule has 15 heavy (non-hydrogen) atoms. The molecule has 1 rings (SSSR count). The number of aliphatic hydroxyl groups is 1. The van der Waals surface area contributed by atoms with Crippen LogP contribution in [0, 0.1) is 0 Å². The number of ether oxygens (including phenoxy) is 1. The van der Waals surface area contributed by atoms with Crippen molar-refractivity contribution < 1.29 is 9.84 Å². The van der Waals surface area contributed by atoms with E-state index in [4.69, 9.17) is 9.84 Å². The van der Waals surface area contributed by atoms with Gasteiger partial charge in [0.05, 0.1) is 6.61 Å². The molecule has 0 atom stereocenters. The summed E-state index contributed by atoms with van der Waals surface area (Å²) in [5, 5.41) is 11.7. The van der Waals surface area contributed by atoms with Gasteiger partial charge in [0.15, 0.2) is 0 Å². The molecule has 0 saturated carbocycles. The number of benzene rings is 1. The van der Waals surface area contributed by atoms with E-state index in [-0.39, 0.29) is 6.61 Å². The Kier molecular flexibility index (Phi) is 5.81. The molecule has 1 aromatic carbocycles. The normalized spacial score (nSPS) is 10.3. The average molecular weight is 209 g/mol. The van der Waals surface area contributed by atoms with Gasteiger partial charge in [-0.1, -0.05) is 12.1 Å². The third-order valence-corrected chi connectivity index (χ3v) is 2.13. The van der Waals surface area contributed by atoms with Crippen LogP contribution in [0.1, 0.15) is 18.4 Å². The molecular weight excluding hydrogens is 190 g/mol. The van der Waals surface area contributed by atoms with Crippen LogP contribution in [0.3, 0.4) is 0 Å². The summed E-state index contributed by atoms with van der Waals surface area (Å²) in [6.07, 6.45) is 1.70. The van der Waals surface area contributed by atoms with Gasteiger partial charge in [-0.15, -0.1) is 0 Å². The molecule has 0 bridgehead atoms. The fraction of sp³-hybridized carbons (Fsp3) is 0.500. The molecule has 0 aliphatic rings. The maximum Gasteiger partial charge on any atom is 0.119 e. The largest absolute Gasteiger partial charge is 0.494 e. The van der Waals surface area contributed by atoms with Crippen molar-refractivity contribution in [2.24, 2.45) is 0 Å². The first-order chi connectivity index (χ1) is 7.36. The van der Waals surface area contributed by atoms with E-state index in [1.165, 1.54) is 5.56 Å². The second-order valence-corrected chi connectivity index (χ2v) is 3.45. The van der Waals surface area contributed by atoms with E-state index in [1.54, 1.807) is 0 Å². The van der Waals surface area contributed by atoms with Crippen molar-refractivity contribution >= 4 is 0 Å². The lowest BCUT2D eigenvalue weighted by atomic mass is 10.2. The van der Waals surface area contributed by atoms with Crippen molar-refractivity contribution in [2.75, 3.05) is 20.3 Å². The summed E-state index contributed by atoms with van der Waals surface area (Å²) < 4.78 is 5.51. The van der Waals surface area contributed by atoms with E-state index in [2.05, 4.69) is 17.4 Å². The quantitative estimate of drug-likeness (QED) is 0.670. The van der Waals surface area contributed by atoms with Gasteiger partial charge in [0, 0.05) is 13.2 Å². The second-order valence-electron chi connectivity index (χ2n) is 3.45. The Morgan fingerprint density at radius 1 is 1.20 bits per heavy atom. The molecule has 0 heterocycles. The minimum Gasteiger partial charge on any atom is -0.494 e. The summed E-state index contributed by atoms with van der Waals surface area (Å²) in [6, 6.07) is 8.06. The van der Waals surface area contributed by atoms with Crippen LogP contribution >= 0.6 is 0 Å². The zero-order valence-corrected chi connectivity index (χ0v) is 9.20. The molecule has 0 aliphatic heterocycles. The van der Waals surface area contributed by atoms with Crippen molar-refractivity contribution in [3.8, 4) is 5.75 Å².